The molecule has 2 aromatic rings. The largest absolute Gasteiger partial charge is 0.481 e. The summed E-state index contributed by atoms with van der Waals surface area (Å²) in [5.74, 6) is -0.638. The van der Waals surface area contributed by atoms with Crippen molar-refractivity contribution in [1.29, 1.82) is 0 Å². The topological polar surface area (TPSA) is 42.2 Å². The molecular weight excluding hydrogens is 214 g/mol. The number of nitrogens with zero attached hydrogens (tertiary/aromatic N) is 1. The maximum absolute atomic E-state index is 11.0. The zero-order valence-corrected chi connectivity index (χ0v) is 9.97. The van der Waals surface area contributed by atoms with Gasteiger partial charge >= 0.3 is 5.97 Å². The smallest absolute Gasteiger partial charge is 0.307 e. The summed E-state index contributed by atoms with van der Waals surface area (Å²) in [6.45, 7) is 2.08. The number of aromatic nitrogens is 1. The summed E-state index contributed by atoms with van der Waals surface area (Å²) >= 11 is 0. The fraction of sp³-hybridized carbons (Fsp3) is 0.357. The molecule has 3 heteroatoms. The first kappa shape index (κ1) is 10.4. The van der Waals surface area contributed by atoms with Crippen LogP contribution in [0.25, 0.3) is 10.9 Å². The van der Waals surface area contributed by atoms with Gasteiger partial charge in [0, 0.05) is 29.6 Å². The van der Waals surface area contributed by atoms with Gasteiger partial charge in [0.2, 0.25) is 0 Å². The highest BCUT2D eigenvalue weighted by Gasteiger charge is 2.46. The summed E-state index contributed by atoms with van der Waals surface area (Å²) < 4.78 is 2.15. The maximum Gasteiger partial charge on any atom is 0.307 e. The molecule has 88 valence electrons. The molecule has 1 aromatic heterocycles. The van der Waals surface area contributed by atoms with Crippen molar-refractivity contribution in [3.05, 3.63) is 35.5 Å². The summed E-state index contributed by atoms with van der Waals surface area (Å²) in [6.07, 6.45) is 0.782. The van der Waals surface area contributed by atoms with Gasteiger partial charge in [-0.3, -0.25) is 4.79 Å². The lowest BCUT2D eigenvalue weighted by Gasteiger charge is -2.00. The normalized spacial score (nSPS) is 22.9. The molecule has 1 fully saturated rings. The van der Waals surface area contributed by atoms with Gasteiger partial charge in [-0.15, -0.1) is 0 Å². The molecule has 1 saturated carbocycles. The lowest BCUT2D eigenvalue weighted by molar-refractivity contribution is -0.138. The van der Waals surface area contributed by atoms with Crippen LogP contribution in [0.5, 0.6) is 0 Å². The molecule has 0 amide bonds. The fourth-order valence-corrected chi connectivity index (χ4v) is 2.81. The Bertz CT molecular complexity index is 612. The Morgan fingerprint density at radius 3 is 2.76 bits per heavy atom. The van der Waals surface area contributed by atoms with Gasteiger partial charge in [0.1, 0.15) is 0 Å². The molecule has 2 unspecified atom stereocenters. The second kappa shape index (κ2) is 3.36. The minimum absolute atomic E-state index is 0.181. The highest BCUT2D eigenvalue weighted by molar-refractivity contribution is 5.88. The van der Waals surface area contributed by atoms with Crippen LogP contribution in [0, 0.1) is 12.8 Å². The molecule has 3 rings (SSSR count). The molecular formula is C14H15NO2. The van der Waals surface area contributed by atoms with Crippen molar-refractivity contribution in [1.82, 2.24) is 4.57 Å². The first-order valence-corrected chi connectivity index (χ1v) is 5.88. The number of carbonyl (C=O) groups is 1. The minimum Gasteiger partial charge on any atom is -0.481 e. The van der Waals surface area contributed by atoms with Crippen LogP contribution < -0.4 is 0 Å². The van der Waals surface area contributed by atoms with E-state index in [1.54, 1.807) is 0 Å². The van der Waals surface area contributed by atoms with Crippen LogP contribution in [0.3, 0.4) is 0 Å². The van der Waals surface area contributed by atoms with Crippen molar-refractivity contribution in [2.75, 3.05) is 0 Å². The molecule has 17 heavy (non-hydrogen) atoms. The summed E-state index contributed by atoms with van der Waals surface area (Å²) in [4.78, 5) is 11.0. The average molecular weight is 229 g/mol. The number of aliphatic carboxylic acids is 1. The van der Waals surface area contributed by atoms with Crippen LogP contribution in [0.15, 0.2) is 24.3 Å². The summed E-state index contributed by atoms with van der Waals surface area (Å²) in [5, 5.41) is 10.3. The number of rotatable bonds is 2. The SMILES string of the molecule is Cc1c(C2CC2C(=O)O)c2ccccc2n1C. The van der Waals surface area contributed by atoms with Crippen molar-refractivity contribution >= 4 is 16.9 Å². The predicted octanol–water partition coefficient (Wildman–Crippen LogP) is 2.67. The number of para-hydroxylation sites is 1. The standard InChI is InChI=1S/C14H15NO2/c1-8-13(10-7-11(10)14(16)17)9-5-3-4-6-12(9)15(8)2/h3-6,10-11H,7H2,1-2H3,(H,16,17). The van der Waals surface area contributed by atoms with E-state index in [0.29, 0.717) is 0 Å². The fourth-order valence-electron chi connectivity index (χ4n) is 2.81. The Hall–Kier alpha value is -1.77. The third-order valence-corrected chi connectivity index (χ3v) is 3.93. The van der Waals surface area contributed by atoms with E-state index >= 15 is 0 Å². The van der Waals surface area contributed by atoms with E-state index in [1.807, 2.05) is 19.2 Å². The van der Waals surface area contributed by atoms with E-state index in [9.17, 15) is 4.79 Å². The van der Waals surface area contributed by atoms with Crippen molar-refractivity contribution < 1.29 is 9.90 Å². The molecule has 0 spiro atoms. The third kappa shape index (κ3) is 1.38. The molecule has 2 atom stereocenters. The van der Waals surface area contributed by atoms with Crippen LogP contribution >= 0.6 is 0 Å². The van der Waals surface area contributed by atoms with Gasteiger partial charge in [0.05, 0.1) is 5.92 Å². The Morgan fingerprint density at radius 1 is 1.41 bits per heavy atom. The van der Waals surface area contributed by atoms with E-state index in [-0.39, 0.29) is 11.8 Å². The zero-order chi connectivity index (χ0) is 12.2. The molecule has 0 aliphatic heterocycles. The molecule has 1 aromatic carbocycles. The second-order valence-corrected chi connectivity index (χ2v) is 4.86. The Balaban J connectivity index is 2.17. The van der Waals surface area contributed by atoms with Crippen LogP contribution in [0.4, 0.5) is 0 Å². The number of carboxylic acids is 1. The van der Waals surface area contributed by atoms with Gasteiger partial charge in [0.15, 0.2) is 0 Å². The van der Waals surface area contributed by atoms with Gasteiger partial charge in [-0.25, -0.2) is 0 Å². The van der Waals surface area contributed by atoms with Crippen molar-refractivity contribution in [3.63, 3.8) is 0 Å². The molecule has 1 N–H and O–H groups in total. The first-order valence-electron chi connectivity index (χ1n) is 5.88. The molecule has 0 radical (unpaired) electrons. The third-order valence-electron chi connectivity index (χ3n) is 3.93. The Morgan fingerprint density at radius 2 is 2.12 bits per heavy atom. The highest BCUT2D eigenvalue weighted by atomic mass is 16.4. The number of hydrogen-bond donors (Lipinski definition) is 1. The van der Waals surface area contributed by atoms with Crippen LogP contribution in [-0.4, -0.2) is 15.6 Å². The summed E-state index contributed by atoms with van der Waals surface area (Å²) in [6, 6.07) is 8.22. The second-order valence-electron chi connectivity index (χ2n) is 4.86. The zero-order valence-electron chi connectivity index (χ0n) is 9.97. The minimum atomic E-state index is -0.665. The van der Waals surface area contributed by atoms with Crippen molar-refractivity contribution in [2.45, 2.75) is 19.3 Å². The lowest BCUT2D eigenvalue weighted by Crippen LogP contribution is -2.00. The number of benzene rings is 1. The van der Waals surface area contributed by atoms with Crippen LogP contribution in [0.2, 0.25) is 0 Å². The number of aryl methyl sites for hydroxylation is 1. The molecule has 3 nitrogen and oxygen atoms in total. The number of hydrogen-bond acceptors (Lipinski definition) is 1. The van der Waals surface area contributed by atoms with E-state index in [4.69, 9.17) is 5.11 Å². The van der Waals surface area contributed by atoms with Gasteiger partial charge < -0.3 is 9.67 Å². The van der Waals surface area contributed by atoms with Gasteiger partial charge in [-0.05, 0) is 25.0 Å². The summed E-state index contributed by atoms with van der Waals surface area (Å²) in [7, 11) is 2.04. The molecule has 0 saturated heterocycles. The Labute approximate surface area is 99.7 Å². The summed E-state index contributed by atoms with van der Waals surface area (Å²) in [5.41, 5.74) is 3.62. The van der Waals surface area contributed by atoms with E-state index in [2.05, 4.69) is 23.6 Å². The van der Waals surface area contributed by atoms with Gasteiger partial charge in [-0.2, -0.15) is 0 Å². The Kier molecular flexibility index (Phi) is 2.05. The molecule has 1 aliphatic carbocycles. The van der Waals surface area contributed by atoms with Crippen molar-refractivity contribution in [2.24, 2.45) is 13.0 Å². The van der Waals surface area contributed by atoms with E-state index < -0.39 is 5.97 Å². The first-order chi connectivity index (χ1) is 8.11. The van der Waals surface area contributed by atoms with E-state index in [0.717, 1.165) is 6.42 Å². The van der Waals surface area contributed by atoms with Gasteiger partial charge in [-0.1, -0.05) is 18.2 Å². The molecule has 0 bridgehead atoms. The number of fused-ring (bicyclic) bond motifs is 1. The maximum atomic E-state index is 11.0. The molecule has 1 aliphatic rings. The quantitative estimate of drug-likeness (QED) is 0.860. The molecule has 1 heterocycles. The van der Waals surface area contributed by atoms with Crippen molar-refractivity contribution in [3.8, 4) is 0 Å². The van der Waals surface area contributed by atoms with E-state index in [1.165, 1.54) is 22.2 Å². The van der Waals surface area contributed by atoms with Crippen LogP contribution in [0.1, 0.15) is 23.6 Å². The lowest BCUT2D eigenvalue weighted by atomic mass is 10.1. The highest BCUT2D eigenvalue weighted by Crippen LogP contribution is 2.51. The predicted molar refractivity (Wildman–Crippen MR) is 66.1 cm³/mol. The average Bonchev–Trinajstić information content (AvgIpc) is 3.05. The number of carboxylic acid groups (broad SMARTS) is 1. The van der Waals surface area contributed by atoms with Gasteiger partial charge in [0.25, 0.3) is 0 Å². The van der Waals surface area contributed by atoms with Crippen LogP contribution in [-0.2, 0) is 11.8 Å². The monoisotopic (exact) mass is 229 g/mol.